The fraction of sp³-hybridized carbons (Fsp3) is 0.333. The van der Waals surface area contributed by atoms with Gasteiger partial charge in [-0.2, -0.15) is 0 Å². The molecule has 0 saturated heterocycles. The average molecular weight is 255 g/mol. The lowest BCUT2D eigenvalue weighted by atomic mass is 10.1. The van der Waals surface area contributed by atoms with Gasteiger partial charge < -0.3 is 10.1 Å². The molecule has 1 aliphatic carbocycles. The van der Waals surface area contributed by atoms with E-state index in [9.17, 15) is 18.4 Å². The molecule has 0 bridgehead atoms. The first-order valence-corrected chi connectivity index (χ1v) is 5.34. The summed E-state index contributed by atoms with van der Waals surface area (Å²) in [7, 11) is 1.20. The second kappa shape index (κ2) is 4.36. The molecule has 0 unspecified atom stereocenters. The molecule has 1 N–H and O–H groups in total. The fourth-order valence-corrected chi connectivity index (χ4v) is 1.67. The lowest BCUT2D eigenvalue weighted by Gasteiger charge is -2.12. The van der Waals surface area contributed by atoms with E-state index in [1.165, 1.54) is 13.2 Å². The van der Waals surface area contributed by atoms with Crippen LogP contribution in [0.25, 0.3) is 0 Å². The van der Waals surface area contributed by atoms with Gasteiger partial charge in [0.2, 0.25) is 5.91 Å². The highest BCUT2D eigenvalue weighted by atomic mass is 19.2. The molecule has 0 heterocycles. The number of benzene rings is 1. The summed E-state index contributed by atoms with van der Waals surface area (Å²) in [4.78, 5) is 23.3. The zero-order valence-electron chi connectivity index (χ0n) is 9.63. The van der Waals surface area contributed by atoms with Gasteiger partial charge in [0.15, 0.2) is 11.6 Å². The molecule has 0 spiro atoms. The number of ether oxygens (including phenoxy) is 1. The van der Waals surface area contributed by atoms with Crippen molar-refractivity contribution >= 4 is 17.6 Å². The molecule has 6 heteroatoms. The van der Waals surface area contributed by atoms with Crippen LogP contribution in [0.4, 0.5) is 14.5 Å². The van der Waals surface area contributed by atoms with Gasteiger partial charge in [0, 0.05) is 11.8 Å². The standard InChI is InChI=1S/C12H11F2NO3/c1-18-11(17)12(4-5-12)10(16)15-7-2-3-8(13)9(14)6-7/h2-3,6H,4-5H2,1H3,(H,15,16). The first-order valence-electron chi connectivity index (χ1n) is 5.34. The molecule has 96 valence electrons. The lowest BCUT2D eigenvalue weighted by molar-refractivity contribution is -0.150. The zero-order valence-corrected chi connectivity index (χ0v) is 9.63. The van der Waals surface area contributed by atoms with Crippen molar-refractivity contribution in [2.45, 2.75) is 12.8 Å². The van der Waals surface area contributed by atoms with Gasteiger partial charge in [0.1, 0.15) is 5.41 Å². The lowest BCUT2D eigenvalue weighted by Crippen LogP contribution is -2.32. The molecule has 1 aliphatic rings. The number of carbonyl (C=O) groups is 2. The number of amides is 1. The van der Waals surface area contributed by atoms with Gasteiger partial charge in [-0.05, 0) is 25.0 Å². The Balaban J connectivity index is 2.12. The van der Waals surface area contributed by atoms with Gasteiger partial charge in [-0.15, -0.1) is 0 Å². The molecule has 0 aliphatic heterocycles. The largest absolute Gasteiger partial charge is 0.468 e. The minimum atomic E-state index is -1.17. The molecule has 2 rings (SSSR count). The highest BCUT2D eigenvalue weighted by molar-refractivity contribution is 6.11. The summed E-state index contributed by atoms with van der Waals surface area (Å²) in [6.07, 6.45) is 0.796. The second-order valence-electron chi connectivity index (χ2n) is 4.16. The number of esters is 1. The van der Waals surface area contributed by atoms with Gasteiger partial charge in [-0.25, -0.2) is 8.78 Å². The van der Waals surface area contributed by atoms with Crippen LogP contribution in [0, 0.1) is 17.0 Å². The van der Waals surface area contributed by atoms with Crippen molar-refractivity contribution in [1.82, 2.24) is 0 Å². The Morgan fingerprint density at radius 3 is 2.44 bits per heavy atom. The van der Waals surface area contributed by atoms with E-state index >= 15 is 0 Å². The van der Waals surface area contributed by atoms with E-state index in [0.29, 0.717) is 12.8 Å². The van der Waals surface area contributed by atoms with E-state index in [2.05, 4.69) is 10.1 Å². The van der Waals surface area contributed by atoms with E-state index in [4.69, 9.17) is 0 Å². The molecule has 1 amide bonds. The van der Waals surface area contributed by atoms with Crippen molar-refractivity contribution in [1.29, 1.82) is 0 Å². The van der Waals surface area contributed by atoms with Crippen LogP contribution in [-0.2, 0) is 14.3 Å². The highest BCUT2D eigenvalue weighted by Gasteiger charge is 2.57. The van der Waals surface area contributed by atoms with E-state index in [1.807, 2.05) is 0 Å². The van der Waals surface area contributed by atoms with E-state index in [-0.39, 0.29) is 5.69 Å². The van der Waals surface area contributed by atoms with E-state index in [0.717, 1.165) is 12.1 Å². The van der Waals surface area contributed by atoms with Crippen LogP contribution >= 0.6 is 0 Å². The van der Waals surface area contributed by atoms with Gasteiger partial charge >= 0.3 is 5.97 Å². The summed E-state index contributed by atoms with van der Waals surface area (Å²) in [5.74, 6) is -3.22. The monoisotopic (exact) mass is 255 g/mol. The predicted molar refractivity (Wildman–Crippen MR) is 58.7 cm³/mol. The normalized spacial score (nSPS) is 15.9. The van der Waals surface area contributed by atoms with Crippen LogP contribution in [0.3, 0.4) is 0 Å². The maximum Gasteiger partial charge on any atom is 0.321 e. The van der Waals surface area contributed by atoms with Crippen molar-refractivity contribution < 1.29 is 23.1 Å². The topological polar surface area (TPSA) is 55.4 Å². The Morgan fingerprint density at radius 2 is 1.94 bits per heavy atom. The van der Waals surface area contributed by atoms with Crippen molar-refractivity contribution in [3.8, 4) is 0 Å². The van der Waals surface area contributed by atoms with Crippen LogP contribution in [0.1, 0.15) is 12.8 Å². The van der Waals surface area contributed by atoms with Crippen LogP contribution in [0.15, 0.2) is 18.2 Å². The molecule has 0 radical (unpaired) electrons. The second-order valence-corrected chi connectivity index (χ2v) is 4.16. The summed E-state index contributed by atoms with van der Waals surface area (Å²) in [5.41, 5.74) is -1.06. The zero-order chi connectivity index (χ0) is 13.3. The van der Waals surface area contributed by atoms with Gasteiger partial charge in [0.25, 0.3) is 0 Å². The van der Waals surface area contributed by atoms with Crippen molar-refractivity contribution in [3.63, 3.8) is 0 Å². The number of nitrogens with one attached hydrogen (secondary N) is 1. The van der Waals surface area contributed by atoms with Crippen LogP contribution in [0.5, 0.6) is 0 Å². The first kappa shape index (κ1) is 12.5. The van der Waals surface area contributed by atoms with Gasteiger partial charge in [-0.1, -0.05) is 0 Å². The number of carbonyl (C=O) groups excluding carboxylic acids is 2. The molecule has 0 aromatic heterocycles. The number of halogens is 2. The number of hydrogen-bond acceptors (Lipinski definition) is 3. The number of anilines is 1. The minimum Gasteiger partial charge on any atom is -0.468 e. The van der Waals surface area contributed by atoms with Crippen molar-refractivity contribution in [2.75, 3.05) is 12.4 Å². The Kier molecular flexibility index (Phi) is 3.02. The van der Waals surface area contributed by atoms with Crippen molar-refractivity contribution in [2.24, 2.45) is 5.41 Å². The van der Waals surface area contributed by atoms with Crippen LogP contribution < -0.4 is 5.32 Å². The number of rotatable bonds is 3. The van der Waals surface area contributed by atoms with Crippen LogP contribution in [-0.4, -0.2) is 19.0 Å². The van der Waals surface area contributed by atoms with Gasteiger partial charge in [-0.3, -0.25) is 9.59 Å². The number of hydrogen-bond donors (Lipinski definition) is 1. The maximum absolute atomic E-state index is 12.9. The Hall–Kier alpha value is -1.98. The molecule has 1 aromatic carbocycles. The molecule has 18 heavy (non-hydrogen) atoms. The third kappa shape index (κ3) is 2.05. The summed E-state index contributed by atoms with van der Waals surface area (Å²) in [6, 6.07) is 2.99. The first-order chi connectivity index (χ1) is 8.49. The fourth-order valence-electron chi connectivity index (χ4n) is 1.67. The molecule has 1 fully saturated rings. The Labute approximate surface area is 102 Å². The van der Waals surface area contributed by atoms with Crippen LogP contribution in [0.2, 0.25) is 0 Å². The summed E-state index contributed by atoms with van der Waals surface area (Å²) in [6.45, 7) is 0. The molecule has 4 nitrogen and oxygen atoms in total. The molecule has 1 saturated carbocycles. The smallest absolute Gasteiger partial charge is 0.321 e. The molecule has 0 atom stereocenters. The van der Waals surface area contributed by atoms with E-state index < -0.39 is 28.9 Å². The Bertz CT molecular complexity index is 512. The third-order valence-electron chi connectivity index (χ3n) is 2.94. The molecular weight excluding hydrogens is 244 g/mol. The van der Waals surface area contributed by atoms with E-state index in [1.54, 1.807) is 0 Å². The van der Waals surface area contributed by atoms with Crippen molar-refractivity contribution in [3.05, 3.63) is 29.8 Å². The predicted octanol–water partition coefficient (Wildman–Crippen LogP) is 1.86. The summed E-state index contributed by atoms with van der Waals surface area (Å²) >= 11 is 0. The minimum absolute atomic E-state index is 0.106. The SMILES string of the molecule is COC(=O)C1(C(=O)Nc2ccc(F)c(F)c2)CC1. The average Bonchev–Trinajstić information content (AvgIpc) is 3.14. The van der Waals surface area contributed by atoms with Gasteiger partial charge in [0.05, 0.1) is 7.11 Å². The summed E-state index contributed by atoms with van der Waals surface area (Å²) < 4.78 is 30.2. The maximum atomic E-state index is 12.9. The third-order valence-corrected chi connectivity index (χ3v) is 2.94. The molecular formula is C12H11F2NO3. The highest BCUT2D eigenvalue weighted by Crippen LogP contribution is 2.47. The number of methoxy groups -OCH3 is 1. The Morgan fingerprint density at radius 1 is 1.28 bits per heavy atom. The molecule has 1 aromatic rings. The quantitative estimate of drug-likeness (QED) is 0.662. The summed E-state index contributed by atoms with van der Waals surface area (Å²) in [5, 5.41) is 2.38.